The number of rotatable bonds is 6. The molecular weight excluding hydrogens is 250 g/mol. The van der Waals surface area contributed by atoms with Crippen molar-refractivity contribution in [3.05, 3.63) is 11.7 Å². The summed E-state index contributed by atoms with van der Waals surface area (Å²) in [5.41, 5.74) is 0. The third-order valence-corrected chi connectivity index (χ3v) is 4.64. The SMILES string of the molecule is CC(C)CCc1noc(CN2CCCC(C3CC3)C2)n1. The van der Waals surface area contributed by atoms with Crippen LogP contribution in [0.15, 0.2) is 4.52 Å². The quantitative estimate of drug-likeness (QED) is 0.800. The zero-order chi connectivity index (χ0) is 13.9. The van der Waals surface area contributed by atoms with Gasteiger partial charge in [-0.3, -0.25) is 4.90 Å². The number of piperidine rings is 1. The molecule has 1 aliphatic heterocycles. The van der Waals surface area contributed by atoms with Gasteiger partial charge in [-0.15, -0.1) is 0 Å². The van der Waals surface area contributed by atoms with Crippen LogP contribution in [-0.2, 0) is 13.0 Å². The first-order valence-corrected chi connectivity index (χ1v) is 8.24. The van der Waals surface area contributed by atoms with Gasteiger partial charge >= 0.3 is 0 Å². The monoisotopic (exact) mass is 277 g/mol. The Bertz CT molecular complexity index is 425. The Labute approximate surface area is 121 Å². The van der Waals surface area contributed by atoms with Crippen LogP contribution in [0.1, 0.15) is 57.7 Å². The molecule has 1 aliphatic carbocycles. The van der Waals surface area contributed by atoms with Gasteiger partial charge in [-0.05, 0) is 56.4 Å². The first kappa shape index (κ1) is 14.1. The molecule has 1 saturated heterocycles. The largest absolute Gasteiger partial charge is 0.338 e. The van der Waals surface area contributed by atoms with Gasteiger partial charge < -0.3 is 4.52 Å². The zero-order valence-corrected chi connectivity index (χ0v) is 12.8. The van der Waals surface area contributed by atoms with Gasteiger partial charge in [0, 0.05) is 13.0 Å². The number of aromatic nitrogens is 2. The van der Waals surface area contributed by atoms with Crippen molar-refractivity contribution >= 4 is 0 Å². The molecule has 2 fully saturated rings. The molecule has 0 radical (unpaired) electrons. The van der Waals surface area contributed by atoms with Crippen LogP contribution in [0.2, 0.25) is 0 Å². The van der Waals surface area contributed by atoms with E-state index in [4.69, 9.17) is 4.52 Å². The lowest BCUT2D eigenvalue weighted by molar-refractivity contribution is 0.139. The summed E-state index contributed by atoms with van der Waals surface area (Å²) in [7, 11) is 0. The van der Waals surface area contributed by atoms with Crippen molar-refractivity contribution in [2.24, 2.45) is 17.8 Å². The van der Waals surface area contributed by atoms with E-state index in [9.17, 15) is 0 Å². The van der Waals surface area contributed by atoms with Crippen molar-refractivity contribution in [3.8, 4) is 0 Å². The predicted molar refractivity (Wildman–Crippen MR) is 78.2 cm³/mol. The number of hydrogen-bond acceptors (Lipinski definition) is 4. The van der Waals surface area contributed by atoms with Gasteiger partial charge in [-0.25, -0.2) is 0 Å². The van der Waals surface area contributed by atoms with E-state index in [0.717, 1.165) is 42.9 Å². The lowest BCUT2D eigenvalue weighted by Crippen LogP contribution is -2.35. The molecule has 2 aliphatic rings. The predicted octanol–water partition coefficient (Wildman–Crippen LogP) is 3.28. The van der Waals surface area contributed by atoms with Gasteiger partial charge in [0.1, 0.15) is 0 Å². The van der Waals surface area contributed by atoms with Gasteiger partial charge in [0.2, 0.25) is 5.89 Å². The highest BCUT2D eigenvalue weighted by atomic mass is 16.5. The fourth-order valence-corrected chi connectivity index (χ4v) is 3.25. The van der Waals surface area contributed by atoms with E-state index < -0.39 is 0 Å². The van der Waals surface area contributed by atoms with Crippen LogP contribution < -0.4 is 0 Å². The van der Waals surface area contributed by atoms with Crippen LogP contribution in [0.4, 0.5) is 0 Å². The second-order valence-corrected chi connectivity index (χ2v) is 7.01. The third-order valence-electron chi connectivity index (χ3n) is 4.64. The van der Waals surface area contributed by atoms with Crippen molar-refractivity contribution in [3.63, 3.8) is 0 Å². The summed E-state index contributed by atoms with van der Waals surface area (Å²) in [6.45, 7) is 7.72. The Morgan fingerprint density at radius 1 is 1.25 bits per heavy atom. The topological polar surface area (TPSA) is 42.2 Å². The molecule has 4 heteroatoms. The molecule has 0 amide bonds. The molecular formula is C16H27N3O. The standard InChI is InChI=1S/C16H27N3O/c1-12(2)5-8-15-17-16(20-18-15)11-19-9-3-4-14(10-19)13-6-7-13/h12-14H,3-11H2,1-2H3. The summed E-state index contributed by atoms with van der Waals surface area (Å²) in [6.07, 6.45) is 7.73. The van der Waals surface area contributed by atoms with Crippen LogP contribution in [-0.4, -0.2) is 28.1 Å². The maximum absolute atomic E-state index is 5.41. The van der Waals surface area contributed by atoms with E-state index in [-0.39, 0.29) is 0 Å². The number of nitrogens with zero attached hydrogens (tertiary/aromatic N) is 3. The van der Waals surface area contributed by atoms with Gasteiger partial charge in [-0.1, -0.05) is 19.0 Å². The van der Waals surface area contributed by atoms with Gasteiger partial charge in [-0.2, -0.15) is 4.98 Å². The van der Waals surface area contributed by atoms with E-state index >= 15 is 0 Å². The molecule has 1 saturated carbocycles. The minimum Gasteiger partial charge on any atom is -0.338 e. The van der Waals surface area contributed by atoms with E-state index in [1.54, 1.807) is 0 Å². The minimum atomic E-state index is 0.693. The zero-order valence-electron chi connectivity index (χ0n) is 12.8. The Hall–Kier alpha value is -0.900. The summed E-state index contributed by atoms with van der Waals surface area (Å²) in [5, 5.41) is 4.11. The molecule has 20 heavy (non-hydrogen) atoms. The Balaban J connectivity index is 1.49. The van der Waals surface area contributed by atoms with E-state index in [1.165, 1.54) is 38.8 Å². The second kappa shape index (κ2) is 6.25. The first-order valence-electron chi connectivity index (χ1n) is 8.24. The average molecular weight is 277 g/mol. The number of aryl methyl sites for hydroxylation is 1. The molecule has 0 spiro atoms. The smallest absolute Gasteiger partial charge is 0.240 e. The lowest BCUT2D eigenvalue weighted by Gasteiger charge is -2.31. The molecule has 112 valence electrons. The van der Waals surface area contributed by atoms with Crippen LogP contribution >= 0.6 is 0 Å². The van der Waals surface area contributed by atoms with Crippen molar-refractivity contribution in [1.82, 2.24) is 15.0 Å². The molecule has 2 heterocycles. The Morgan fingerprint density at radius 3 is 2.85 bits per heavy atom. The van der Waals surface area contributed by atoms with E-state index in [2.05, 4.69) is 28.9 Å². The number of hydrogen-bond donors (Lipinski definition) is 0. The normalized spacial score (nSPS) is 24.4. The number of likely N-dealkylation sites (tertiary alicyclic amines) is 1. The summed E-state index contributed by atoms with van der Waals surface area (Å²) >= 11 is 0. The maximum Gasteiger partial charge on any atom is 0.240 e. The summed E-state index contributed by atoms with van der Waals surface area (Å²) in [5.74, 6) is 4.32. The Morgan fingerprint density at radius 2 is 2.10 bits per heavy atom. The highest BCUT2D eigenvalue weighted by Gasteiger charge is 2.34. The first-order chi connectivity index (χ1) is 9.70. The van der Waals surface area contributed by atoms with Crippen LogP contribution in [0.5, 0.6) is 0 Å². The molecule has 0 bridgehead atoms. The van der Waals surface area contributed by atoms with Gasteiger partial charge in [0.15, 0.2) is 5.82 Å². The molecule has 1 aromatic heterocycles. The van der Waals surface area contributed by atoms with Crippen LogP contribution in [0, 0.1) is 17.8 Å². The molecule has 1 unspecified atom stereocenters. The third kappa shape index (κ3) is 3.81. The van der Waals surface area contributed by atoms with Crippen LogP contribution in [0.25, 0.3) is 0 Å². The Kier molecular flexibility index (Phi) is 4.39. The highest BCUT2D eigenvalue weighted by Crippen LogP contribution is 2.41. The molecule has 4 nitrogen and oxygen atoms in total. The second-order valence-electron chi connectivity index (χ2n) is 7.01. The fraction of sp³-hybridized carbons (Fsp3) is 0.875. The summed E-state index contributed by atoms with van der Waals surface area (Å²) in [4.78, 5) is 7.05. The minimum absolute atomic E-state index is 0.693. The van der Waals surface area contributed by atoms with E-state index in [0.29, 0.717) is 5.92 Å². The maximum atomic E-state index is 5.41. The van der Waals surface area contributed by atoms with Gasteiger partial charge in [0.05, 0.1) is 6.54 Å². The molecule has 0 N–H and O–H groups in total. The highest BCUT2D eigenvalue weighted by molar-refractivity contribution is 4.90. The molecule has 1 aromatic rings. The molecule has 0 aromatic carbocycles. The van der Waals surface area contributed by atoms with Crippen molar-refractivity contribution in [2.75, 3.05) is 13.1 Å². The van der Waals surface area contributed by atoms with Crippen molar-refractivity contribution in [1.29, 1.82) is 0 Å². The molecule has 3 rings (SSSR count). The molecule has 1 atom stereocenters. The van der Waals surface area contributed by atoms with Crippen molar-refractivity contribution in [2.45, 2.75) is 58.9 Å². The van der Waals surface area contributed by atoms with Gasteiger partial charge in [0.25, 0.3) is 0 Å². The summed E-state index contributed by atoms with van der Waals surface area (Å²) < 4.78 is 5.41. The average Bonchev–Trinajstić information content (AvgIpc) is 3.19. The lowest BCUT2D eigenvalue weighted by atomic mass is 9.93. The van der Waals surface area contributed by atoms with E-state index in [1.807, 2.05) is 0 Å². The fourth-order valence-electron chi connectivity index (χ4n) is 3.25. The van der Waals surface area contributed by atoms with Crippen molar-refractivity contribution < 1.29 is 4.52 Å². The van der Waals surface area contributed by atoms with Crippen LogP contribution in [0.3, 0.4) is 0 Å². The summed E-state index contributed by atoms with van der Waals surface area (Å²) in [6, 6.07) is 0.